The van der Waals surface area contributed by atoms with Gasteiger partial charge in [-0.1, -0.05) is 41.4 Å². The Morgan fingerprint density at radius 1 is 1.22 bits per heavy atom. The van der Waals surface area contributed by atoms with E-state index in [-0.39, 0.29) is 12.0 Å². The van der Waals surface area contributed by atoms with Crippen LogP contribution in [-0.4, -0.2) is 33.3 Å². The van der Waals surface area contributed by atoms with Crippen LogP contribution in [0, 0.1) is 0 Å². The standard InChI is InChI=1S/C15H13Cl2NO5/c1-14(2,15(16,17)8-19)23-13(21)22-12(20)11-7-9-5-3-4-6-10(9)18-11/h3-8,18H,1-2H3. The van der Waals surface area contributed by atoms with E-state index in [9.17, 15) is 14.4 Å². The van der Waals surface area contributed by atoms with Crippen molar-refractivity contribution in [3.8, 4) is 0 Å². The van der Waals surface area contributed by atoms with Gasteiger partial charge in [0.05, 0.1) is 0 Å². The molecule has 0 spiro atoms. The number of fused-ring (bicyclic) bond motifs is 1. The highest BCUT2D eigenvalue weighted by Crippen LogP contribution is 2.35. The van der Waals surface area contributed by atoms with E-state index in [0.717, 1.165) is 10.9 Å². The molecule has 8 heteroatoms. The lowest BCUT2D eigenvalue weighted by Gasteiger charge is -2.31. The molecule has 23 heavy (non-hydrogen) atoms. The minimum atomic E-state index is -1.98. The molecule has 1 aromatic heterocycles. The summed E-state index contributed by atoms with van der Waals surface area (Å²) < 4.78 is 7.47. The Balaban J connectivity index is 2.08. The van der Waals surface area contributed by atoms with Gasteiger partial charge in [-0.3, -0.25) is 4.79 Å². The van der Waals surface area contributed by atoms with Gasteiger partial charge in [-0.2, -0.15) is 0 Å². The number of para-hydroxylation sites is 1. The molecular weight excluding hydrogens is 345 g/mol. The number of benzene rings is 1. The highest BCUT2D eigenvalue weighted by molar-refractivity contribution is 6.56. The Labute approximate surface area is 141 Å². The van der Waals surface area contributed by atoms with Gasteiger partial charge in [0.1, 0.15) is 11.3 Å². The number of esters is 1. The zero-order chi connectivity index (χ0) is 17.3. The van der Waals surface area contributed by atoms with E-state index in [1.165, 1.54) is 19.9 Å². The van der Waals surface area contributed by atoms with E-state index in [1.54, 1.807) is 18.2 Å². The largest absolute Gasteiger partial charge is 0.517 e. The third-order valence-corrected chi connectivity index (χ3v) is 4.30. The molecule has 1 heterocycles. The summed E-state index contributed by atoms with van der Waals surface area (Å²) in [7, 11) is 0. The molecule has 0 unspecified atom stereocenters. The van der Waals surface area contributed by atoms with E-state index >= 15 is 0 Å². The second-order valence-electron chi connectivity index (χ2n) is 5.26. The first kappa shape index (κ1) is 17.3. The van der Waals surface area contributed by atoms with Gasteiger partial charge < -0.3 is 14.5 Å². The number of alkyl halides is 2. The maximum atomic E-state index is 11.9. The van der Waals surface area contributed by atoms with Crippen molar-refractivity contribution < 1.29 is 23.9 Å². The molecule has 0 fully saturated rings. The molecule has 2 aromatic rings. The highest BCUT2D eigenvalue weighted by atomic mass is 35.5. The Kier molecular flexibility index (Phi) is 4.68. The number of H-pyrrole nitrogens is 1. The van der Waals surface area contributed by atoms with Gasteiger partial charge in [0, 0.05) is 10.9 Å². The summed E-state index contributed by atoms with van der Waals surface area (Å²) in [4.78, 5) is 37.3. The van der Waals surface area contributed by atoms with Crippen LogP contribution in [0.4, 0.5) is 4.79 Å². The van der Waals surface area contributed by atoms with E-state index in [4.69, 9.17) is 27.9 Å². The Morgan fingerprint density at radius 3 is 2.48 bits per heavy atom. The Bertz CT molecular complexity index is 733. The smallest absolute Gasteiger partial charge is 0.424 e. The summed E-state index contributed by atoms with van der Waals surface area (Å²) in [5.74, 6) is -0.928. The van der Waals surface area contributed by atoms with Crippen LogP contribution in [0.2, 0.25) is 0 Å². The van der Waals surface area contributed by atoms with Crippen molar-refractivity contribution in [2.24, 2.45) is 0 Å². The minimum absolute atomic E-state index is 0.0827. The van der Waals surface area contributed by atoms with Crippen LogP contribution in [-0.2, 0) is 14.3 Å². The average Bonchev–Trinajstić information content (AvgIpc) is 2.90. The number of hydrogen-bond donors (Lipinski definition) is 1. The lowest BCUT2D eigenvalue weighted by atomic mass is 10.1. The van der Waals surface area contributed by atoms with Crippen LogP contribution in [0.1, 0.15) is 24.3 Å². The third kappa shape index (κ3) is 3.65. The highest BCUT2D eigenvalue weighted by Gasteiger charge is 2.46. The van der Waals surface area contributed by atoms with Crippen LogP contribution in [0.15, 0.2) is 30.3 Å². The number of aromatic nitrogens is 1. The maximum absolute atomic E-state index is 11.9. The molecular formula is C15H13Cl2NO5. The number of halogens is 2. The summed E-state index contributed by atoms with van der Waals surface area (Å²) in [6.07, 6.45) is -1.09. The van der Waals surface area contributed by atoms with Crippen LogP contribution in [0.25, 0.3) is 10.9 Å². The summed E-state index contributed by atoms with van der Waals surface area (Å²) in [5, 5.41) is 0.787. The molecule has 1 N–H and O–H groups in total. The zero-order valence-electron chi connectivity index (χ0n) is 12.3. The van der Waals surface area contributed by atoms with Crippen molar-refractivity contribution in [1.29, 1.82) is 0 Å². The molecule has 0 aliphatic heterocycles. The fourth-order valence-corrected chi connectivity index (χ4v) is 1.83. The molecule has 0 saturated heterocycles. The monoisotopic (exact) mass is 357 g/mol. The number of aldehydes is 1. The van der Waals surface area contributed by atoms with Gasteiger partial charge in [0.15, 0.2) is 6.29 Å². The molecule has 0 radical (unpaired) electrons. The van der Waals surface area contributed by atoms with Crippen molar-refractivity contribution in [2.75, 3.05) is 0 Å². The lowest BCUT2D eigenvalue weighted by molar-refractivity contribution is -0.113. The maximum Gasteiger partial charge on any atom is 0.517 e. The van der Waals surface area contributed by atoms with Crippen LogP contribution < -0.4 is 0 Å². The molecule has 122 valence electrons. The molecule has 6 nitrogen and oxygen atoms in total. The van der Waals surface area contributed by atoms with Crippen LogP contribution in [0.5, 0.6) is 0 Å². The predicted octanol–water partition coefficient (Wildman–Crippen LogP) is 3.61. The zero-order valence-corrected chi connectivity index (χ0v) is 13.8. The second-order valence-corrected chi connectivity index (χ2v) is 6.65. The van der Waals surface area contributed by atoms with Gasteiger partial charge in [0.25, 0.3) is 0 Å². The predicted molar refractivity (Wildman–Crippen MR) is 84.8 cm³/mol. The average molecular weight is 358 g/mol. The van der Waals surface area contributed by atoms with Crippen molar-refractivity contribution in [1.82, 2.24) is 4.98 Å². The Hall–Kier alpha value is -2.05. The fourth-order valence-electron chi connectivity index (χ4n) is 1.75. The second kappa shape index (κ2) is 6.22. The van der Waals surface area contributed by atoms with Crippen molar-refractivity contribution >= 4 is 52.5 Å². The van der Waals surface area contributed by atoms with Crippen LogP contribution in [0.3, 0.4) is 0 Å². The van der Waals surface area contributed by atoms with E-state index in [2.05, 4.69) is 9.72 Å². The van der Waals surface area contributed by atoms with Crippen LogP contribution >= 0.6 is 23.2 Å². The first-order valence-corrected chi connectivity index (χ1v) is 7.29. The number of carbonyl (C=O) groups excluding carboxylic acids is 3. The van der Waals surface area contributed by atoms with Crippen molar-refractivity contribution in [3.05, 3.63) is 36.0 Å². The van der Waals surface area contributed by atoms with Gasteiger partial charge in [-0.25, -0.2) is 9.59 Å². The molecule has 0 amide bonds. The SMILES string of the molecule is CC(C)(OC(=O)OC(=O)c1cc2ccccc2[nH]1)C(Cl)(Cl)C=O. The molecule has 2 rings (SSSR count). The number of ether oxygens (including phenoxy) is 2. The number of aromatic amines is 1. The third-order valence-electron chi connectivity index (χ3n) is 3.22. The van der Waals surface area contributed by atoms with Crippen molar-refractivity contribution in [3.63, 3.8) is 0 Å². The fraction of sp³-hybridized carbons (Fsp3) is 0.267. The topological polar surface area (TPSA) is 85.5 Å². The molecule has 0 aliphatic rings. The molecule has 0 saturated carbocycles. The quantitative estimate of drug-likeness (QED) is 0.391. The Morgan fingerprint density at radius 2 is 1.87 bits per heavy atom. The minimum Gasteiger partial charge on any atom is -0.424 e. The number of nitrogens with one attached hydrogen (secondary N) is 1. The first-order chi connectivity index (χ1) is 10.7. The van der Waals surface area contributed by atoms with Gasteiger partial charge in [-0.15, -0.1) is 0 Å². The summed E-state index contributed by atoms with van der Waals surface area (Å²) >= 11 is 11.5. The van der Waals surface area contributed by atoms with Gasteiger partial charge in [-0.05, 0) is 26.0 Å². The molecule has 1 aromatic carbocycles. The van der Waals surface area contributed by atoms with Gasteiger partial charge >= 0.3 is 12.1 Å². The molecule has 0 aliphatic carbocycles. The summed E-state index contributed by atoms with van der Waals surface area (Å²) in [5.41, 5.74) is -0.788. The van der Waals surface area contributed by atoms with E-state index in [0.29, 0.717) is 0 Å². The number of hydrogen-bond acceptors (Lipinski definition) is 5. The number of rotatable bonds is 4. The summed E-state index contributed by atoms with van der Waals surface area (Å²) in [6, 6.07) is 8.71. The molecule has 0 atom stereocenters. The summed E-state index contributed by atoms with van der Waals surface area (Å²) in [6.45, 7) is 2.63. The first-order valence-electron chi connectivity index (χ1n) is 6.53. The van der Waals surface area contributed by atoms with Gasteiger partial charge in [0.2, 0.25) is 4.33 Å². The normalized spacial score (nSPS) is 12.0. The number of carbonyl (C=O) groups is 3. The van der Waals surface area contributed by atoms with Crippen molar-refractivity contribution in [2.45, 2.75) is 23.8 Å². The van der Waals surface area contributed by atoms with E-state index < -0.39 is 22.1 Å². The van der Waals surface area contributed by atoms with E-state index in [1.807, 2.05) is 6.07 Å². The molecule has 0 bridgehead atoms. The lowest BCUT2D eigenvalue weighted by Crippen LogP contribution is -2.46.